The average molecular weight is 391 g/mol. The van der Waals surface area contributed by atoms with Crippen molar-refractivity contribution in [1.29, 1.82) is 5.26 Å². The van der Waals surface area contributed by atoms with Crippen molar-refractivity contribution < 1.29 is 9.53 Å². The van der Waals surface area contributed by atoms with Gasteiger partial charge in [-0.25, -0.2) is 4.98 Å². The van der Waals surface area contributed by atoms with Gasteiger partial charge < -0.3 is 9.64 Å². The van der Waals surface area contributed by atoms with E-state index in [1.54, 1.807) is 11.1 Å². The second-order valence-corrected chi connectivity index (χ2v) is 7.96. The fraction of sp³-hybridized carbons (Fsp3) is 0.300. The first kappa shape index (κ1) is 17.0. The molecule has 0 saturated carbocycles. The van der Waals surface area contributed by atoms with Gasteiger partial charge in [0.15, 0.2) is 5.01 Å². The Morgan fingerprint density at radius 2 is 2.32 bits per heavy atom. The molecule has 2 aliphatic rings. The number of aromatic amines is 1. The third-order valence-corrected chi connectivity index (χ3v) is 6.30. The van der Waals surface area contributed by atoms with Crippen LogP contribution in [0.5, 0.6) is 5.75 Å². The SMILES string of the molecule is N#C[C@@H]1CCCN1C(=O)c1nc2c(s1)CCOc1cc(-c3cn[nH]c3)ccc1-2. The molecule has 0 radical (unpaired) electrons. The fourth-order valence-corrected chi connectivity index (χ4v) is 4.78. The zero-order valence-corrected chi connectivity index (χ0v) is 15.8. The molecule has 4 heterocycles. The van der Waals surface area contributed by atoms with Gasteiger partial charge in [0.2, 0.25) is 0 Å². The number of nitrogens with one attached hydrogen (secondary N) is 1. The maximum absolute atomic E-state index is 12.9. The van der Waals surface area contributed by atoms with Gasteiger partial charge in [-0.2, -0.15) is 10.4 Å². The molecule has 1 amide bonds. The normalized spacial score (nSPS) is 18.0. The molecule has 1 aromatic carbocycles. The van der Waals surface area contributed by atoms with Gasteiger partial charge >= 0.3 is 0 Å². The minimum absolute atomic E-state index is 0.139. The van der Waals surface area contributed by atoms with Crippen LogP contribution in [0.4, 0.5) is 0 Å². The van der Waals surface area contributed by atoms with Crippen molar-refractivity contribution in [2.45, 2.75) is 25.3 Å². The Morgan fingerprint density at radius 1 is 1.39 bits per heavy atom. The van der Waals surface area contributed by atoms with Crippen molar-refractivity contribution >= 4 is 17.2 Å². The van der Waals surface area contributed by atoms with Crippen LogP contribution in [0.25, 0.3) is 22.4 Å². The molecule has 7 nitrogen and oxygen atoms in total. The van der Waals surface area contributed by atoms with Crippen LogP contribution in [0.3, 0.4) is 0 Å². The summed E-state index contributed by atoms with van der Waals surface area (Å²) in [5.74, 6) is 0.623. The number of nitriles is 1. The summed E-state index contributed by atoms with van der Waals surface area (Å²) in [6.45, 7) is 1.16. The minimum Gasteiger partial charge on any atom is -0.492 e. The highest BCUT2D eigenvalue weighted by Crippen LogP contribution is 2.40. The summed E-state index contributed by atoms with van der Waals surface area (Å²) in [6, 6.07) is 7.87. The van der Waals surface area contributed by atoms with Crippen LogP contribution in [0.15, 0.2) is 30.6 Å². The summed E-state index contributed by atoms with van der Waals surface area (Å²) in [7, 11) is 0. The summed E-state index contributed by atoms with van der Waals surface area (Å²) in [4.78, 5) is 20.3. The van der Waals surface area contributed by atoms with Crippen LogP contribution < -0.4 is 4.74 Å². The number of ether oxygens (including phenoxy) is 1. The summed E-state index contributed by atoms with van der Waals surface area (Å²) in [5, 5.41) is 16.6. The Morgan fingerprint density at radius 3 is 3.14 bits per heavy atom. The molecule has 0 aliphatic carbocycles. The topological polar surface area (TPSA) is 94.9 Å². The molecule has 0 unspecified atom stereocenters. The Labute approximate surface area is 165 Å². The molecule has 2 aromatic heterocycles. The van der Waals surface area contributed by atoms with Crippen LogP contribution in [0.2, 0.25) is 0 Å². The van der Waals surface area contributed by atoms with Crippen LogP contribution in [0, 0.1) is 11.3 Å². The van der Waals surface area contributed by atoms with Crippen molar-refractivity contribution in [2.75, 3.05) is 13.2 Å². The molecular formula is C20H17N5O2S. The van der Waals surface area contributed by atoms with Gasteiger partial charge in [0.1, 0.15) is 11.8 Å². The van der Waals surface area contributed by atoms with Crippen molar-refractivity contribution in [3.05, 3.63) is 40.5 Å². The summed E-state index contributed by atoms with van der Waals surface area (Å²) in [5.41, 5.74) is 3.71. The lowest BCUT2D eigenvalue weighted by Gasteiger charge is -2.17. The predicted molar refractivity (Wildman–Crippen MR) is 104 cm³/mol. The Bertz CT molecular complexity index is 1080. The first-order valence-corrected chi connectivity index (χ1v) is 10.0. The average Bonchev–Trinajstić information content (AvgIpc) is 3.46. The second kappa shape index (κ2) is 6.77. The molecule has 28 heavy (non-hydrogen) atoms. The van der Waals surface area contributed by atoms with Crippen molar-refractivity contribution in [1.82, 2.24) is 20.1 Å². The minimum atomic E-state index is -0.343. The maximum atomic E-state index is 12.9. The molecule has 3 aromatic rings. The van der Waals surface area contributed by atoms with Gasteiger partial charge in [-0.1, -0.05) is 6.07 Å². The predicted octanol–water partition coefficient (Wildman–Crippen LogP) is 3.26. The highest BCUT2D eigenvalue weighted by atomic mass is 32.1. The Kier molecular flexibility index (Phi) is 4.10. The zero-order valence-electron chi connectivity index (χ0n) is 15.0. The lowest BCUT2D eigenvalue weighted by Crippen LogP contribution is -2.34. The number of benzene rings is 1. The van der Waals surface area contributed by atoms with Gasteiger partial charge in [0.25, 0.3) is 5.91 Å². The summed E-state index contributed by atoms with van der Waals surface area (Å²) < 4.78 is 5.96. The number of hydrogen-bond donors (Lipinski definition) is 1. The van der Waals surface area contributed by atoms with E-state index in [-0.39, 0.29) is 11.9 Å². The number of rotatable bonds is 2. The van der Waals surface area contributed by atoms with E-state index in [0.29, 0.717) is 24.6 Å². The molecule has 1 atom stereocenters. The number of fused-ring (bicyclic) bond motifs is 3. The van der Waals surface area contributed by atoms with E-state index in [0.717, 1.165) is 45.9 Å². The first-order valence-electron chi connectivity index (χ1n) is 9.21. The van der Waals surface area contributed by atoms with Crippen LogP contribution in [0.1, 0.15) is 27.5 Å². The smallest absolute Gasteiger partial charge is 0.283 e. The number of thiazole rings is 1. The highest BCUT2D eigenvalue weighted by molar-refractivity contribution is 7.14. The lowest BCUT2D eigenvalue weighted by molar-refractivity contribution is 0.0764. The standard InChI is InChI=1S/C20H17N5O2S/c21-9-14-2-1-6-25(14)20(26)19-24-18-15-4-3-12(13-10-22-23-11-13)8-16(15)27-7-5-17(18)28-19/h3-4,8,10-11,14H,1-2,5-7H2,(H,22,23)/t14-/m0/s1. The summed E-state index contributed by atoms with van der Waals surface area (Å²) in [6.07, 6.45) is 5.91. The second-order valence-electron chi connectivity index (χ2n) is 6.87. The largest absolute Gasteiger partial charge is 0.492 e. The van der Waals surface area contributed by atoms with Gasteiger partial charge in [-0.15, -0.1) is 11.3 Å². The van der Waals surface area contributed by atoms with E-state index >= 15 is 0 Å². The number of carbonyl (C=O) groups is 1. The van der Waals surface area contributed by atoms with E-state index in [2.05, 4.69) is 21.3 Å². The fourth-order valence-electron chi connectivity index (χ4n) is 3.77. The molecule has 1 N–H and O–H groups in total. The van der Waals surface area contributed by atoms with Crippen LogP contribution in [-0.4, -0.2) is 45.2 Å². The highest BCUT2D eigenvalue weighted by Gasteiger charge is 2.32. The Hall–Kier alpha value is -3.18. The maximum Gasteiger partial charge on any atom is 0.283 e. The van der Waals surface area contributed by atoms with E-state index in [4.69, 9.17) is 4.74 Å². The Balaban J connectivity index is 1.52. The first-order chi connectivity index (χ1) is 13.7. The van der Waals surface area contributed by atoms with E-state index in [9.17, 15) is 10.1 Å². The molecule has 0 spiro atoms. The molecule has 1 fully saturated rings. The molecule has 2 aliphatic heterocycles. The van der Waals surface area contributed by atoms with Gasteiger partial charge in [-0.3, -0.25) is 9.89 Å². The van der Waals surface area contributed by atoms with Crippen molar-refractivity contribution in [3.8, 4) is 34.2 Å². The number of hydrogen-bond acceptors (Lipinski definition) is 6. The third-order valence-electron chi connectivity index (χ3n) is 5.20. The number of likely N-dealkylation sites (tertiary alicyclic amines) is 1. The van der Waals surface area contributed by atoms with Gasteiger partial charge in [0, 0.05) is 35.2 Å². The van der Waals surface area contributed by atoms with Crippen molar-refractivity contribution in [3.63, 3.8) is 0 Å². The number of nitrogens with zero attached hydrogens (tertiary/aromatic N) is 4. The molecule has 0 bridgehead atoms. The number of amides is 1. The molecular weight excluding hydrogens is 374 g/mol. The van der Waals surface area contributed by atoms with E-state index in [1.165, 1.54) is 11.3 Å². The third kappa shape index (κ3) is 2.75. The molecule has 1 saturated heterocycles. The van der Waals surface area contributed by atoms with E-state index in [1.807, 2.05) is 24.4 Å². The number of H-pyrrole nitrogens is 1. The molecule has 140 valence electrons. The zero-order chi connectivity index (χ0) is 19.1. The lowest BCUT2D eigenvalue weighted by atomic mass is 10.0. The quantitative estimate of drug-likeness (QED) is 0.723. The number of aromatic nitrogens is 3. The molecule has 8 heteroatoms. The summed E-state index contributed by atoms with van der Waals surface area (Å²) >= 11 is 1.41. The number of carbonyl (C=O) groups excluding carboxylic acids is 1. The van der Waals surface area contributed by atoms with Gasteiger partial charge in [0.05, 0.1) is 24.6 Å². The van der Waals surface area contributed by atoms with Crippen LogP contribution >= 0.6 is 11.3 Å². The van der Waals surface area contributed by atoms with Crippen molar-refractivity contribution in [2.24, 2.45) is 0 Å². The van der Waals surface area contributed by atoms with E-state index < -0.39 is 0 Å². The van der Waals surface area contributed by atoms with Crippen LogP contribution in [-0.2, 0) is 6.42 Å². The van der Waals surface area contributed by atoms with Gasteiger partial charge in [-0.05, 0) is 30.5 Å². The monoisotopic (exact) mass is 391 g/mol. The molecule has 5 rings (SSSR count).